The number of aromatic nitrogens is 2. The van der Waals surface area contributed by atoms with Crippen molar-refractivity contribution in [2.45, 2.75) is 38.9 Å². The maximum Gasteiger partial charge on any atom is 0.0945 e. The second-order valence-electron chi connectivity index (χ2n) is 6.35. The molecule has 0 spiro atoms. The van der Waals surface area contributed by atoms with Crippen LogP contribution in [0.5, 0.6) is 0 Å². The number of benzene rings is 1. The number of nitrogens with one attached hydrogen (secondary N) is 1. The molecule has 0 unspecified atom stereocenters. The predicted octanol–water partition coefficient (Wildman–Crippen LogP) is 2.48. The van der Waals surface area contributed by atoms with Crippen LogP contribution in [-0.2, 0) is 20.1 Å². The number of hydrogen-bond acceptors (Lipinski definition) is 3. The van der Waals surface area contributed by atoms with Gasteiger partial charge in [0.2, 0.25) is 0 Å². The number of piperidine rings is 1. The molecule has 2 aromatic rings. The van der Waals surface area contributed by atoms with E-state index in [4.69, 9.17) is 0 Å². The monoisotopic (exact) mass is 298 g/mol. The minimum absolute atomic E-state index is 0.628. The topological polar surface area (TPSA) is 33.1 Å². The third kappa shape index (κ3) is 3.76. The summed E-state index contributed by atoms with van der Waals surface area (Å²) in [5.74, 6) is 0. The predicted molar refractivity (Wildman–Crippen MR) is 89.5 cm³/mol. The summed E-state index contributed by atoms with van der Waals surface area (Å²) >= 11 is 0. The van der Waals surface area contributed by atoms with Crippen LogP contribution in [0.25, 0.3) is 0 Å². The first-order chi connectivity index (χ1) is 10.7. The molecule has 0 saturated carbocycles. The second-order valence-corrected chi connectivity index (χ2v) is 6.35. The van der Waals surface area contributed by atoms with E-state index < -0.39 is 0 Å². The quantitative estimate of drug-likeness (QED) is 0.920. The van der Waals surface area contributed by atoms with Gasteiger partial charge in [-0.1, -0.05) is 24.3 Å². The van der Waals surface area contributed by atoms with Crippen molar-refractivity contribution in [1.82, 2.24) is 19.8 Å². The van der Waals surface area contributed by atoms with Crippen LogP contribution in [-0.4, -0.2) is 33.6 Å². The van der Waals surface area contributed by atoms with Gasteiger partial charge in [0.1, 0.15) is 0 Å². The molecule has 1 N–H and O–H groups in total. The Morgan fingerprint density at radius 3 is 2.68 bits per heavy atom. The van der Waals surface area contributed by atoms with E-state index in [9.17, 15) is 0 Å². The van der Waals surface area contributed by atoms with Crippen LogP contribution < -0.4 is 5.32 Å². The fourth-order valence-electron chi connectivity index (χ4n) is 3.13. The molecule has 4 heteroatoms. The Labute approximate surface area is 133 Å². The Kier molecular flexibility index (Phi) is 4.90. The van der Waals surface area contributed by atoms with Crippen LogP contribution in [0.4, 0.5) is 0 Å². The standard InChI is InChI=1S/C18H26N4/c1-15-5-3-4-6-16(15)13-22-9-7-17(8-10-22)20-12-18-11-19-14-21(18)2/h3-6,11,14,17,20H,7-10,12-13H2,1-2H3. The van der Waals surface area contributed by atoms with Crippen LogP contribution in [0, 0.1) is 6.92 Å². The van der Waals surface area contributed by atoms with Gasteiger partial charge in [0, 0.05) is 32.4 Å². The van der Waals surface area contributed by atoms with Gasteiger partial charge in [0.25, 0.3) is 0 Å². The second kappa shape index (κ2) is 7.07. The normalized spacial score (nSPS) is 17.0. The highest BCUT2D eigenvalue weighted by Crippen LogP contribution is 2.16. The molecule has 0 atom stereocenters. The Balaban J connectivity index is 1.44. The van der Waals surface area contributed by atoms with Gasteiger partial charge in [-0.3, -0.25) is 4.90 Å². The minimum Gasteiger partial charge on any atom is -0.337 e. The fourth-order valence-corrected chi connectivity index (χ4v) is 3.13. The SMILES string of the molecule is Cc1ccccc1CN1CCC(NCc2cncn2C)CC1. The Hall–Kier alpha value is -1.65. The van der Waals surface area contributed by atoms with Crippen LogP contribution in [0.15, 0.2) is 36.8 Å². The van der Waals surface area contributed by atoms with Crippen molar-refractivity contribution in [3.8, 4) is 0 Å². The Morgan fingerprint density at radius 2 is 2.00 bits per heavy atom. The Bertz CT molecular complexity index is 597. The van der Waals surface area contributed by atoms with Crippen molar-refractivity contribution in [2.24, 2.45) is 7.05 Å². The molecular formula is C18H26N4. The molecule has 2 heterocycles. The average Bonchev–Trinajstić information content (AvgIpc) is 2.94. The molecular weight excluding hydrogens is 272 g/mol. The number of imidazole rings is 1. The number of nitrogens with zero attached hydrogens (tertiary/aromatic N) is 3. The van der Waals surface area contributed by atoms with Gasteiger partial charge in [-0.05, 0) is 44.0 Å². The highest BCUT2D eigenvalue weighted by Gasteiger charge is 2.19. The third-order valence-corrected chi connectivity index (χ3v) is 4.73. The first-order valence-electron chi connectivity index (χ1n) is 8.18. The number of likely N-dealkylation sites (tertiary alicyclic amines) is 1. The smallest absolute Gasteiger partial charge is 0.0945 e. The van der Waals surface area contributed by atoms with Gasteiger partial charge in [0.15, 0.2) is 0 Å². The van der Waals surface area contributed by atoms with Crippen LogP contribution >= 0.6 is 0 Å². The van der Waals surface area contributed by atoms with Gasteiger partial charge in [0.05, 0.1) is 12.0 Å². The molecule has 0 radical (unpaired) electrons. The first kappa shape index (κ1) is 15.3. The van der Waals surface area contributed by atoms with Gasteiger partial charge in [-0.25, -0.2) is 4.98 Å². The summed E-state index contributed by atoms with van der Waals surface area (Å²) in [6, 6.07) is 9.35. The van der Waals surface area contributed by atoms with E-state index in [-0.39, 0.29) is 0 Å². The molecule has 0 bridgehead atoms. The summed E-state index contributed by atoms with van der Waals surface area (Å²) in [6.45, 7) is 6.56. The fraction of sp³-hybridized carbons (Fsp3) is 0.500. The summed E-state index contributed by atoms with van der Waals surface area (Å²) in [5.41, 5.74) is 4.12. The highest BCUT2D eigenvalue weighted by molar-refractivity contribution is 5.25. The van der Waals surface area contributed by atoms with Crippen molar-refractivity contribution in [3.63, 3.8) is 0 Å². The summed E-state index contributed by atoms with van der Waals surface area (Å²) in [5, 5.41) is 3.67. The van der Waals surface area contributed by atoms with E-state index in [1.165, 1.54) is 42.8 Å². The largest absolute Gasteiger partial charge is 0.337 e. The molecule has 1 aromatic carbocycles. The maximum atomic E-state index is 4.17. The molecule has 1 saturated heterocycles. The number of hydrogen-bond donors (Lipinski definition) is 1. The molecule has 118 valence electrons. The van der Waals surface area contributed by atoms with Crippen molar-refractivity contribution in [1.29, 1.82) is 0 Å². The van der Waals surface area contributed by atoms with Crippen molar-refractivity contribution in [3.05, 3.63) is 53.6 Å². The average molecular weight is 298 g/mol. The molecule has 22 heavy (non-hydrogen) atoms. The number of aryl methyl sites for hydroxylation is 2. The number of rotatable bonds is 5. The summed E-state index contributed by atoms with van der Waals surface area (Å²) in [6.07, 6.45) is 6.26. The summed E-state index contributed by atoms with van der Waals surface area (Å²) in [4.78, 5) is 6.74. The highest BCUT2D eigenvalue weighted by atomic mass is 15.1. The van der Waals surface area contributed by atoms with E-state index in [1.54, 1.807) is 0 Å². The zero-order chi connectivity index (χ0) is 15.4. The van der Waals surface area contributed by atoms with Crippen molar-refractivity contribution < 1.29 is 0 Å². The summed E-state index contributed by atoms with van der Waals surface area (Å²) in [7, 11) is 2.05. The van der Waals surface area contributed by atoms with Gasteiger partial charge in [-0.15, -0.1) is 0 Å². The molecule has 0 aliphatic carbocycles. The van der Waals surface area contributed by atoms with E-state index in [0.29, 0.717) is 6.04 Å². The molecule has 1 aromatic heterocycles. The molecule has 4 nitrogen and oxygen atoms in total. The van der Waals surface area contributed by atoms with E-state index in [1.807, 2.05) is 12.5 Å². The first-order valence-corrected chi connectivity index (χ1v) is 8.18. The van der Waals surface area contributed by atoms with E-state index in [0.717, 1.165) is 13.1 Å². The van der Waals surface area contributed by atoms with Crippen molar-refractivity contribution in [2.75, 3.05) is 13.1 Å². The van der Waals surface area contributed by atoms with E-state index in [2.05, 4.69) is 58.0 Å². The lowest BCUT2D eigenvalue weighted by Crippen LogP contribution is -2.42. The van der Waals surface area contributed by atoms with Crippen molar-refractivity contribution >= 4 is 0 Å². The van der Waals surface area contributed by atoms with Gasteiger partial charge < -0.3 is 9.88 Å². The zero-order valence-electron chi connectivity index (χ0n) is 13.6. The lowest BCUT2D eigenvalue weighted by molar-refractivity contribution is 0.189. The Morgan fingerprint density at radius 1 is 1.23 bits per heavy atom. The van der Waals surface area contributed by atoms with Crippen LogP contribution in [0.3, 0.4) is 0 Å². The molecule has 1 fully saturated rings. The molecule has 1 aliphatic heterocycles. The molecule has 1 aliphatic rings. The maximum absolute atomic E-state index is 4.17. The lowest BCUT2D eigenvalue weighted by atomic mass is 10.0. The van der Waals surface area contributed by atoms with Crippen LogP contribution in [0.1, 0.15) is 29.7 Å². The molecule has 3 rings (SSSR count). The zero-order valence-corrected chi connectivity index (χ0v) is 13.6. The minimum atomic E-state index is 0.628. The van der Waals surface area contributed by atoms with Crippen LogP contribution in [0.2, 0.25) is 0 Å². The molecule has 0 amide bonds. The van der Waals surface area contributed by atoms with Gasteiger partial charge >= 0.3 is 0 Å². The lowest BCUT2D eigenvalue weighted by Gasteiger charge is -2.32. The van der Waals surface area contributed by atoms with E-state index >= 15 is 0 Å². The summed E-state index contributed by atoms with van der Waals surface area (Å²) < 4.78 is 2.08. The third-order valence-electron chi connectivity index (χ3n) is 4.73. The van der Waals surface area contributed by atoms with Gasteiger partial charge in [-0.2, -0.15) is 0 Å².